The molecule has 3 aromatic rings. The Labute approximate surface area is 242 Å². The maximum Gasteiger partial charge on any atom is 0.393 e. The zero-order valence-corrected chi connectivity index (χ0v) is 24.4. The number of thiophene rings is 1. The van der Waals surface area contributed by atoms with Crippen molar-refractivity contribution in [2.75, 3.05) is 25.0 Å². The molecule has 2 aliphatic rings. The van der Waals surface area contributed by atoms with Gasteiger partial charge in [-0.2, -0.15) is 17.5 Å². The second-order valence-electron chi connectivity index (χ2n) is 10.4. The van der Waals surface area contributed by atoms with E-state index in [2.05, 4.69) is 15.3 Å². The number of halogens is 4. The molecular weight excluding hydrogens is 587 g/mol. The van der Waals surface area contributed by atoms with Crippen LogP contribution in [-0.2, 0) is 23.0 Å². The van der Waals surface area contributed by atoms with Crippen molar-refractivity contribution in [1.82, 2.24) is 19.6 Å². The molecule has 1 saturated carbocycles. The van der Waals surface area contributed by atoms with Crippen LogP contribution in [0.2, 0.25) is 0 Å². The SMILES string of the molecule is CN(c1ncnc2sc(CC(F)(F)F)cc12)[C@@H]1CC[C@H](NCc2ccc(S(=O)(=O)N3CCCC(O)C3)cc2)C1.Cl. The summed E-state index contributed by atoms with van der Waals surface area (Å²) in [4.78, 5) is 11.6. The Hall–Kier alpha value is -2.03. The molecule has 2 N–H and O–H groups in total. The van der Waals surface area contributed by atoms with Crippen molar-refractivity contribution in [2.45, 2.75) is 74.3 Å². The first-order valence-electron chi connectivity index (χ1n) is 13.0. The highest BCUT2D eigenvalue weighted by molar-refractivity contribution is 7.89. The van der Waals surface area contributed by atoms with Crippen LogP contribution in [0, 0.1) is 0 Å². The maximum absolute atomic E-state index is 12.9. The van der Waals surface area contributed by atoms with Gasteiger partial charge in [0.15, 0.2) is 0 Å². The van der Waals surface area contributed by atoms with Crippen molar-refractivity contribution in [3.63, 3.8) is 0 Å². The van der Waals surface area contributed by atoms with Gasteiger partial charge in [-0.3, -0.25) is 0 Å². The van der Waals surface area contributed by atoms with Crippen LogP contribution >= 0.6 is 23.7 Å². The van der Waals surface area contributed by atoms with E-state index in [9.17, 15) is 26.7 Å². The van der Waals surface area contributed by atoms with Gasteiger partial charge in [-0.1, -0.05) is 12.1 Å². The quantitative estimate of drug-likeness (QED) is 0.383. The van der Waals surface area contributed by atoms with E-state index in [1.165, 1.54) is 10.6 Å². The van der Waals surface area contributed by atoms with Crippen LogP contribution in [0.15, 0.2) is 41.6 Å². The molecule has 2 aromatic heterocycles. The predicted molar refractivity (Wildman–Crippen MR) is 152 cm³/mol. The first-order valence-corrected chi connectivity index (χ1v) is 15.3. The molecule has 0 radical (unpaired) electrons. The molecule has 1 aliphatic heterocycles. The number of rotatable bonds is 8. The first kappa shape index (κ1) is 30.9. The van der Waals surface area contributed by atoms with Crippen molar-refractivity contribution in [3.8, 4) is 0 Å². The van der Waals surface area contributed by atoms with E-state index < -0.39 is 28.7 Å². The summed E-state index contributed by atoms with van der Waals surface area (Å²) in [5, 5.41) is 14.1. The molecule has 40 heavy (non-hydrogen) atoms. The Balaban J connectivity index is 0.00000370. The minimum Gasteiger partial charge on any atom is -0.392 e. The van der Waals surface area contributed by atoms with Crippen LogP contribution in [0.3, 0.4) is 0 Å². The Morgan fingerprint density at radius 2 is 1.93 bits per heavy atom. The fraction of sp³-hybridized carbons (Fsp3) is 0.538. The van der Waals surface area contributed by atoms with Crippen LogP contribution in [0.5, 0.6) is 0 Å². The summed E-state index contributed by atoms with van der Waals surface area (Å²) in [5.41, 5.74) is 0.970. The van der Waals surface area contributed by atoms with Gasteiger partial charge in [0.1, 0.15) is 17.0 Å². The lowest BCUT2D eigenvalue weighted by Gasteiger charge is -2.29. The Kier molecular flexibility index (Phi) is 9.63. The normalized spacial score (nSPS) is 22.4. The minimum absolute atomic E-state index is 0. The molecule has 14 heteroatoms. The fourth-order valence-corrected chi connectivity index (χ4v) is 7.99. The summed E-state index contributed by atoms with van der Waals surface area (Å²) in [5.74, 6) is 0.647. The first-order chi connectivity index (χ1) is 18.5. The number of hydrogen-bond acceptors (Lipinski definition) is 8. The molecule has 1 unspecified atom stereocenters. The zero-order chi connectivity index (χ0) is 27.8. The standard InChI is InChI=1S/C26H32F3N5O3S2.ClH/c1-33(24-23-12-21(13-26(27,28)29)38-25(23)32-16-31-24)19-7-6-18(11-19)30-14-17-4-8-22(9-5-17)39(36,37)34-10-2-3-20(35)15-34;/h4-5,8-9,12,16,18-20,30,35H,2-3,6-7,10-11,13-15H2,1H3;1H/t18-,19+,20?;/m0./s1. The Bertz CT molecular complexity index is 1400. The van der Waals surface area contributed by atoms with E-state index in [0.717, 1.165) is 36.2 Å². The molecule has 1 saturated heterocycles. The maximum atomic E-state index is 12.9. The van der Waals surface area contributed by atoms with Crippen LogP contribution in [0.4, 0.5) is 19.0 Å². The van der Waals surface area contributed by atoms with E-state index in [1.54, 1.807) is 18.2 Å². The number of fused-ring (bicyclic) bond motifs is 1. The van der Waals surface area contributed by atoms with Gasteiger partial charge in [0, 0.05) is 43.6 Å². The summed E-state index contributed by atoms with van der Waals surface area (Å²) < 4.78 is 65.8. The Morgan fingerprint density at radius 1 is 1.18 bits per heavy atom. The lowest BCUT2D eigenvalue weighted by Crippen LogP contribution is -2.42. The topological polar surface area (TPSA) is 98.7 Å². The second kappa shape index (κ2) is 12.5. The number of aliphatic hydroxyl groups excluding tert-OH is 1. The molecule has 1 aliphatic carbocycles. The molecule has 8 nitrogen and oxygen atoms in total. The number of hydrogen-bond donors (Lipinski definition) is 2. The molecule has 0 amide bonds. The van der Waals surface area contributed by atoms with Gasteiger partial charge in [-0.25, -0.2) is 18.4 Å². The van der Waals surface area contributed by atoms with E-state index in [0.29, 0.717) is 42.0 Å². The molecule has 5 rings (SSSR count). The van der Waals surface area contributed by atoms with Gasteiger partial charge < -0.3 is 15.3 Å². The number of aliphatic hydroxyl groups is 1. The lowest BCUT2D eigenvalue weighted by molar-refractivity contribution is -0.126. The number of nitrogens with zero attached hydrogens (tertiary/aromatic N) is 4. The number of alkyl halides is 3. The molecule has 1 aromatic carbocycles. The van der Waals surface area contributed by atoms with Gasteiger partial charge in [-0.05, 0) is 55.9 Å². The predicted octanol–water partition coefficient (Wildman–Crippen LogP) is 4.51. The molecule has 220 valence electrons. The largest absolute Gasteiger partial charge is 0.393 e. The number of anilines is 1. The monoisotopic (exact) mass is 619 g/mol. The third kappa shape index (κ3) is 7.05. The van der Waals surface area contributed by atoms with Gasteiger partial charge in [0.05, 0.1) is 22.8 Å². The summed E-state index contributed by atoms with van der Waals surface area (Å²) in [6.45, 7) is 1.14. The smallest absolute Gasteiger partial charge is 0.392 e. The lowest BCUT2D eigenvalue weighted by atomic mass is 10.1. The Morgan fingerprint density at radius 3 is 2.62 bits per heavy atom. The minimum atomic E-state index is -4.27. The van der Waals surface area contributed by atoms with Crippen molar-refractivity contribution in [1.29, 1.82) is 0 Å². The third-order valence-corrected chi connectivity index (χ3v) is 10.5. The fourth-order valence-electron chi connectivity index (χ4n) is 5.46. The van der Waals surface area contributed by atoms with Crippen molar-refractivity contribution < 1.29 is 26.7 Å². The van der Waals surface area contributed by atoms with Crippen molar-refractivity contribution in [3.05, 3.63) is 47.1 Å². The van der Waals surface area contributed by atoms with Crippen LogP contribution in [0.25, 0.3) is 10.2 Å². The number of piperidine rings is 1. The molecule has 3 atom stereocenters. The van der Waals surface area contributed by atoms with Crippen LogP contribution in [0.1, 0.15) is 42.5 Å². The summed E-state index contributed by atoms with van der Waals surface area (Å²) in [7, 11) is -1.70. The van der Waals surface area contributed by atoms with Gasteiger partial charge in [-0.15, -0.1) is 23.7 Å². The number of aromatic nitrogens is 2. The van der Waals surface area contributed by atoms with Crippen molar-refractivity contribution in [2.24, 2.45) is 0 Å². The highest BCUT2D eigenvalue weighted by Gasteiger charge is 2.32. The summed E-state index contributed by atoms with van der Waals surface area (Å²) in [6, 6.07) is 8.84. The highest BCUT2D eigenvalue weighted by atomic mass is 35.5. The van der Waals surface area contributed by atoms with E-state index in [4.69, 9.17) is 0 Å². The van der Waals surface area contributed by atoms with Crippen LogP contribution < -0.4 is 10.2 Å². The van der Waals surface area contributed by atoms with E-state index in [-0.39, 0.29) is 40.8 Å². The number of sulfonamides is 1. The average molecular weight is 620 g/mol. The van der Waals surface area contributed by atoms with Gasteiger partial charge in [0.25, 0.3) is 0 Å². The van der Waals surface area contributed by atoms with Crippen LogP contribution in [-0.4, -0.2) is 72.3 Å². The number of nitrogens with one attached hydrogen (secondary N) is 1. The second-order valence-corrected chi connectivity index (χ2v) is 13.4. The number of β-amino-alcohol motifs (C(OH)–C–C–N with tert-alkyl or cyclic N) is 1. The molecule has 2 fully saturated rings. The molecule has 0 bridgehead atoms. The molecule has 0 spiro atoms. The van der Waals surface area contributed by atoms with E-state index >= 15 is 0 Å². The van der Waals surface area contributed by atoms with Crippen molar-refractivity contribution >= 4 is 49.8 Å². The molecular formula is C26H33ClF3N5O3S2. The highest BCUT2D eigenvalue weighted by Crippen LogP contribution is 2.36. The average Bonchev–Trinajstić information content (AvgIpc) is 3.53. The number of benzene rings is 1. The molecule has 3 heterocycles. The summed E-state index contributed by atoms with van der Waals surface area (Å²) in [6.07, 6.45) is -0.479. The van der Waals surface area contributed by atoms with E-state index in [1.807, 2.05) is 24.1 Å². The summed E-state index contributed by atoms with van der Waals surface area (Å²) >= 11 is 1.05. The zero-order valence-electron chi connectivity index (χ0n) is 22.0. The van der Waals surface area contributed by atoms with Gasteiger partial charge in [0.2, 0.25) is 10.0 Å². The van der Waals surface area contributed by atoms with Gasteiger partial charge >= 0.3 is 6.18 Å². The third-order valence-electron chi connectivity index (χ3n) is 7.54.